The molecule has 234 valence electrons. The zero-order chi connectivity index (χ0) is 32.8. The molecule has 0 amide bonds. The molecule has 7 aromatic carbocycles. The number of pyridine rings is 1. The number of hydrogen-bond donors (Lipinski definition) is 2. The normalized spacial score (nSPS) is 14.5. The van der Waals surface area contributed by atoms with Gasteiger partial charge in [-0.1, -0.05) is 133 Å². The Hall–Kier alpha value is -6.85. The number of nitrogens with zero attached hydrogens (tertiary/aromatic N) is 3. The highest BCUT2D eigenvalue weighted by Crippen LogP contribution is 2.55. The third kappa shape index (κ3) is 3.92. The van der Waals surface area contributed by atoms with Crippen molar-refractivity contribution in [2.75, 3.05) is 15.1 Å². The summed E-state index contributed by atoms with van der Waals surface area (Å²) < 4.78 is 0. The molecule has 0 bridgehead atoms. The van der Waals surface area contributed by atoms with Crippen LogP contribution in [0, 0.1) is 0 Å². The molecule has 0 unspecified atom stereocenters. The zero-order valence-electron chi connectivity index (χ0n) is 26.9. The molecular weight excluding hydrogens is 611 g/mol. The molecule has 0 aliphatic carbocycles. The van der Waals surface area contributed by atoms with Crippen molar-refractivity contribution in [2.45, 2.75) is 0 Å². The minimum absolute atomic E-state index is 0.951. The smallest absolute Gasteiger partial charge is 0.158 e. The van der Waals surface area contributed by atoms with Gasteiger partial charge in [0.25, 0.3) is 0 Å². The van der Waals surface area contributed by atoms with Crippen LogP contribution in [0.1, 0.15) is 11.1 Å². The second kappa shape index (κ2) is 10.3. The lowest BCUT2D eigenvalue weighted by Gasteiger charge is -2.36. The first-order chi connectivity index (χ1) is 24.8. The lowest BCUT2D eigenvalue weighted by atomic mass is 10.0. The maximum Gasteiger partial charge on any atom is 0.158 e. The maximum absolute atomic E-state index is 5.22. The van der Waals surface area contributed by atoms with Gasteiger partial charge in [-0.25, -0.2) is 4.98 Å². The van der Waals surface area contributed by atoms with E-state index in [1.807, 2.05) is 0 Å². The highest BCUT2D eigenvalue weighted by molar-refractivity contribution is 6.11. The van der Waals surface area contributed by atoms with Crippen LogP contribution < -0.4 is 20.4 Å². The number of rotatable bonds is 3. The molecule has 50 heavy (non-hydrogen) atoms. The Balaban J connectivity index is 1.12. The van der Waals surface area contributed by atoms with Crippen LogP contribution in [-0.4, -0.2) is 4.98 Å². The minimum atomic E-state index is 0.951. The van der Waals surface area contributed by atoms with Gasteiger partial charge in [0.2, 0.25) is 0 Å². The molecule has 0 fully saturated rings. The Morgan fingerprint density at radius 3 is 1.82 bits per heavy atom. The van der Waals surface area contributed by atoms with Gasteiger partial charge in [0.15, 0.2) is 11.6 Å². The Morgan fingerprint density at radius 1 is 0.420 bits per heavy atom. The van der Waals surface area contributed by atoms with E-state index >= 15 is 0 Å². The standard InChI is InChI=1S/C45H29N5/c1-3-12-29(13-4-1)42-43(31-14-5-2-6-15-31)50-40-27-33-17-8-7-16-32(33)26-39(40)49-38-24-22-34(25-37(38)47-44(49)45(50)48-42)36-23-21-30-20-19-28-11-9-10-18-35(28)41(30)46-36/h1-27,47-48H. The van der Waals surface area contributed by atoms with Gasteiger partial charge in [-0.2, -0.15) is 0 Å². The number of aromatic nitrogens is 1. The quantitative estimate of drug-likeness (QED) is 0.188. The van der Waals surface area contributed by atoms with Crippen molar-refractivity contribution in [3.05, 3.63) is 187 Å². The Kier molecular flexibility index (Phi) is 5.60. The van der Waals surface area contributed by atoms with Crippen LogP contribution in [-0.2, 0) is 0 Å². The molecule has 4 heterocycles. The molecule has 0 atom stereocenters. The highest BCUT2D eigenvalue weighted by Gasteiger charge is 2.43. The summed E-state index contributed by atoms with van der Waals surface area (Å²) in [7, 11) is 0. The molecule has 1 aromatic heterocycles. The van der Waals surface area contributed by atoms with Crippen molar-refractivity contribution in [1.29, 1.82) is 0 Å². The molecule has 8 aromatic rings. The van der Waals surface area contributed by atoms with E-state index in [2.05, 4.69) is 184 Å². The number of nitrogens with one attached hydrogen (secondary N) is 2. The summed E-state index contributed by atoms with van der Waals surface area (Å²) in [6.07, 6.45) is 0. The maximum atomic E-state index is 5.22. The van der Waals surface area contributed by atoms with Crippen molar-refractivity contribution < 1.29 is 0 Å². The third-order valence-corrected chi connectivity index (χ3v) is 10.2. The molecule has 0 saturated heterocycles. The molecule has 2 N–H and O–H groups in total. The van der Waals surface area contributed by atoms with Gasteiger partial charge < -0.3 is 10.6 Å². The van der Waals surface area contributed by atoms with Crippen LogP contribution in [0.25, 0.3) is 55.1 Å². The van der Waals surface area contributed by atoms with E-state index in [0.717, 1.165) is 79.1 Å². The van der Waals surface area contributed by atoms with Crippen LogP contribution in [0.5, 0.6) is 0 Å². The van der Waals surface area contributed by atoms with Gasteiger partial charge in [-0.05, 0) is 46.5 Å². The van der Waals surface area contributed by atoms with E-state index in [4.69, 9.17) is 4.98 Å². The topological polar surface area (TPSA) is 43.4 Å². The lowest BCUT2D eigenvalue weighted by Crippen LogP contribution is -2.34. The predicted molar refractivity (Wildman–Crippen MR) is 207 cm³/mol. The first-order valence-corrected chi connectivity index (χ1v) is 17.0. The number of benzene rings is 7. The highest BCUT2D eigenvalue weighted by atomic mass is 15.4. The molecule has 0 saturated carbocycles. The van der Waals surface area contributed by atoms with E-state index in [9.17, 15) is 0 Å². The summed E-state index contributed by atoms with van der Waals surface area (Å²) in [6.45, 7) is 0. The van der Waals surface area contributed by atoms with E-state index in [-0.39, 0.29) is 0 Å². The average molecular weight is 640 g/mol. The molecule has 5 heteroatoms. The third-order valence-electron chi connectivity index (χ3n) is 10.2. The molecule has 3 aliphatic heterocycles. The van der Waals surface area contributed by atoms with Gasteiger partial charge in [0.05, 0.1) is 45.4 Å². The van der Waals surface area contributed by atoms with Crippen molar-refractivity contribution in [2.24, 2.45) is 0 Å². The summed E-state index contributed by atoms with van der Waals surface area (Å²) >= 11 is 0. The predicted octanol–water partition coefficient (Wildman–Crippen LogP) is 10.8. The number of hydrogen-bond acceptors (Lipinski definition) is 5. The SMILES string of the molecule is c1ccc(C2=C(c3ccccc3)N3C(=C4Nc5cc(-c6ccc7ccc8ccccc8c7n6)ccc5N4c4cc5ccccc5cc43)N2)cc1. The molecule has 0 spiro atoms. The fraction of sp³-hybridized carbons (Fsp3) is 0. The van der Waals surface area contributed by atoms with E-state index in [1.54, 1.807) is 0 Å². The van der Waals surface area contributed by atoms with E-state index in [1.165, 1.54) is 21.5 Å². The largest absolute Gasteiger partial charge is 0.337 e. The summed E-state index contributed by atoms with van der Waals surface area (Å²) in [5, 5.41) is 13.7. The number of anilines is 4. The molecule has 11 rings (SSSR count). The van der Waals surface area contributed by atoms with Crippen molar-refractivity contribution in [1.82, 2.24) is 10.3 Å². The summed E-state index contributed by atoms with van der Waals surface area (Å²) in [6, 6.07) is 58.4. The Labute approximate surface area is 289 Å². The first kappa shape index (κ1) is 27.1. The van der Waals surface area contributed by atoms with Crippen LogP contribution in [0.2, 0.25) is 0 Å². The van der Waals surface area contributed by atoms with Crippen molar-refractivity contribution in [3.63, 3.8) is 0 Å². The summed E-state index contributed by atoms with van der Waals surface area (Å²) in [4.78, 5) is 10.00. The zero-order valence-corrected chi connectivity index (χ0v) is 26.9. The fourth-order valence-electron chi connectivity index (χ4n) is 7.85. The van der Waals surface area contributed by atoms with Crippen LogP contribution in [0.15, 0.2) is 175 Å². The molecule has 5 nitrogen and oxygen atoms in total. The monoisotopic (exact) mass is 639 g/mol. The van der Waals surface area contributed by atoms with Crippen LogP contribution in [0.3, 0.4) is 0 Å². The molecule has 0 radical (unpaired) electrons. The van der Waals surface area contributed by atoms with Gasteiger partial charge in [0.1, 0.15) is 0 Å². The fourth-order valence-corrected chi connectivity index (χ4v) is 7.85. The average Bonchev–Trinajstić information content (AvgIpc) is 3.77. The Morgan fingerprint density at radius 2 is 1.04 bits per heavy atom. The Bertz CT molecular complexity index is 2770. The van der Waals surface area contributed by atoms with Crippen LogP contribution in [0.4, 0.5) is 22.7 Å². The van der Waals surface area contributed by atoms with Crippen molar-refractivity contribution in [3.8, 4) is 11.3 Å². The minimum Gasteiger partial charge on any atom is -0.337 e. The van der Waals surface area contributed by atoms with E-state index < -0.39 is 0 Å². The lowest BCUT2D eigenvalue weighted by molar-refractivity contribution is 0.974. The number of fused-ring (bicyclic) bond motifs is 11. The molecule has 3 aliphatic rings. The van der Waals surface area contributed by atoms with Gasteiger partial charge >= 0.3 is 0 Å². The van der Waals surface area contributed by atoms with Crippen molar-refractivity contribution >= 4 is 66.6 Å². The van der Waals surface area contributed by atoms with E-state index in [0.29, 0.717) is 0 Å². The summed E-state index contributed by atoms with van der Waals surface area (Å²) in [5.74, 6) is 2.00. The van der Waals surface area contributed by atoms with Gasteiger partial charge in [0, 0.05) is 27.5 Å². The first-order valence-electron chi connectivity index (χ1n) is 17.0. The van der Waals surface area contributed by atoms with Crippen LogP contribution >= 0.6 is 0 Å². The molecular formula is C45H29N5. The second-order valence-electron chi connectivity index (χ2n) is 13.0. The van der Waals surface area contributed by atoms with Gasteiger partial charge in [-0.15, -0.1) is 0 Å². The van der Waals surface area contributed by atoms with Gasteiger partial charge in [-0.3, -0.25) is 9.80 Å². The second-order valence-corrected chi connectivity index (χ2v) is 13.0. The summed E-state index contributed by atoms with van der Waals surface area (Å²) in [5.41, 5.74) is 11.9.